The molecule has 31 heavy (non-hydrogen) atoms. The van der Waals surface area contributed by atoms with Crippen LogP contribution in [0.3, 0.4) is 0 Å². The van der Waals surface area contributed by atoms with Gasteiger partial charge in [0.05, 0.1) is 5.92 Å². The summed E-state index contributed by atoms with van der Waals surface area (Å²) in [6.07, 6.45) is 3.59. The quantitative estimate of drug-likeness (QED) is 0.797. The normalized spacial score (nSPS) is 22.6. The molecule has 1 N–H and O–H groups in total. The molecule has 1 aliphatic heterocycles. The van der Waals surface area contributed by atoms with Gasteiger partial charge in [-0.15, -0.1) is 0 Å². The van der Waals surface area contributed by atoms with Gasteiger partial charge in [0.2, 0.25) is 11.8 Å². The standard InChI is InChI=1S/C24H35N3O4/c1-17(2)18-8-10-19(11-9-18)24(30)26-13-12-25-23(29)20-6-4-5-7-21(20)27(15-14-26)22(28)16-31-3/h8-11,17,20-21H,4-7,12-16H2,1-3H3,(H,25,29). The van der Waals surface area contributed by atoms with Crippen LogP contribution in [-0.4, -0.2) is 73.5 Å². The highest BCUT2D eigenvalue weighted by Gasteiger charge is 2.37. The topological polar surface area (TPSA) is 79.0 Å². The van der Waals surface area contributed by atoms with Crippen molar-refractivity contribution in [3.8, 4) is 0 Å². The van der Waals surface area contributed by atoms with Gasteiger partial charge in [0.1, 0.15) is 6.61 Å². The number of nitrogens with one attached hydrogen (secondary N) is 1. The van der Waals surface area contributed by atoms with Crippen LogP contribution in [0.4, 0.5) is 0 Å². The van der Waals surface area contributed by atoms with Crippen LogP contribution in [0, 0.1) is 5.92 Å². The van der Waals surface area contributed by atoms with Gasteiger partial charge in [0.15, 0.2) is 0 Å². The summed E-state index contributed by atoms with van der Waals surface area (Å²) in [5.74, 6) is -0.0149. The van der Waals surface area contributed by atoms with Gasteiger partial charge in [-0.25, -0.2) is 0 Å². The number of methoxy groups -OCH3 is 1. The minimum absolute atomic E-state index is 0.0181. The van der Waals surface area contributed by atoms with Crippen LogP contribution in [0.5, 0.6) is 0 Å². The van der Waals surface area contributed by atoms with E-state index in [1.807, 2.05) is 24.3 Å². The Bertz CT molecular complexity index is 778. The summed E-state index contributed by atoms with van der Waals surface area (Å²) in [6.45, 7) is 5.90. The zero-order chi connectivity index (χ0) is 22.4. The number of benzene rings is 1. The minimum Gasteiger partial charge on any atom is -0.375 e. The molecule has 0 bridgehead atoms. The van der Waals surface area contributed by atoms with Gasteiger partial charge in [-0.05, 0) is 36.5 Å². The Labute approximate surface area is 185 Å². The maximum Gasteiger partial charge on any atom is 0.253 e. The molecule has 0 radical (unpaired) electrons. The lowest BCUT2D eigenvalue weighted by molar-refractivity contribution is -0.142. The first-order valence-corrected chi connectivity index (χ1v) is 11.4. The van der Waals surface area contributed by atoms with Crippen molar-refractivity contribution in [1.29, 1.82) is 0 Å². The molecule has 2 unspecified atom stereocenters. The predicted octanol–water partition coefficient (Wildman–Crippen LogP) is 2.42. The van der Waals surface area contributed by atoms with E-state index < -0.39 is 0 Å². The number of hydrogen-bond donors (Lipinski definition) is 1. The molecule has 3 rings (SSSR count). The Morgan fingerprint density at radius 1 is 1.10 bits per heavy atom. The molecular weight excluding hydrogens is 394 g/mol. The largest absolute Gasteiger partial charge is 0.375 e. The summed E-state index contributed by atoms with van der Waals surface area (Å²) < 4.78 is 5.09. The van der Waals surface area contributed by atoms with Gasteiger partial charge in [0.25, 0.3) is 5.91 Å². The van der Waals surface area contributed by atoms with Crippen LogP contribution in [0.2, 0.25) is 0 Å². The molecule has 2 aliphatic rings. The van der Waals surface area contributed by atoms with Crippen molar-refractivity contribution in [1.82, 2.24) is 15.1 Å². The molecular formula is C24H35N3O4. The van der Waals surface area contributed by atoms with E-state index in [-0.39, 0.29) is 36.3 Å². The summed E-state index contributed by atoms with van der Waals surface area (Å²) in [5, 5.41) is 3.00. The van der Waals surface area contributed by atoms with E-state index >= 15 is 0 Å². The maximum absolute atomic E-state index is 13.2. The van der Waals surface area contributed by atoms with Gasteiger partial charge >= 0.3 is 0 Å². The van der Waals surface area contributed by atoms with Gasteiger partial charge in [0, 0.05) is 44.9 Å². The van der Waals surface area contributed by atoms with Crippen molar-refractivity contribution in [2.75, 3.05) is 39.9 Å². The lowest BCUT2D eigenvalue weighted by Crippen LogP contribution is -2.56. The monoisotopic (exact) mass is 429 g/mol. The van der Waals surface area contributed by atoms with E-state index in [9.17, 15) is 14.4 Å². The first-order valence-electron chi connectivity index (χ1n) is 11.4. The number of ether oxygens (including phenoxy) is 1. The Morgan fingerprint density at radius 3 is 2.48 bits per heavy atom. The van der Waals surface area contributed by atoms with E-state index in [0.717, 1.165) is 25.7 Å². The summed E-state index contributed by atoms with van der Waals surface area (Å²) >= 11 is 0. The van der Waals surface area contributed by atoms with Gasteiger partial charge < -0.3 is 19.9 Å². The summed E-state index contributed by atoms with van der Waals surface area (Å²) in [7, 11) is 1.50. The minimum atomic E-state index is -0.194. The fourth-order valence-corrected chi connectivity index (χ4v) is 4.65. The average molecular weight is 430 g/mol. The van der Waals surface area contributed by atoms with Crippen molar-refractivity contribution in [3.63, 3.8) is 0 Å². The SMILES string of the molecule is COCC(=O)N1CCN(C(=O)c2ccc(C(C)C)cc2)CCNC(=O)C2CCCCC21. The van der Waals surface area contributed by atoms with Crippen LogP contribution >= 0.6 is 0 Å². The van der Waals surface area contributed by atoms with E-state index in [1.165, 1.54) is 12.7 Å². The third-order valence-electron chi connectivity index (χ3n) is 6.46. The third-order valence-corrected chi connectivity index (χ3v) is 6.46. The second-order valence-corrected chi connectivity index (χ2v) is 8.84. The molecule has 0 aromatic heterocycles. The number of carbonyl (C=O) groups excluding carboxylic acids is 3. The second kappa shape index (κ2) is 10.8. The van der Waals surface area contributed by atoms with Gasteiger partial charge in [-0.1, -0.05) is 38.8 Å². The van der Waals surface area contributed by atoms with Crippen molar-refractivity contribution in [3.05, 3.63) is 35.4 Å². The molecule has 7 heteroatoms. The number of nitrogens with zero attached hydrogens (tertiary/aromatic N) is 2. The summed E-state index contributed by atoms with van der Waals surface area (Å²) in [4.78, 5) is 42.4. The fraction of sp³-hybridized carbons (Fsp3) is 0.625. The van der Waals surface area contributed by atoms with Crippen LogP contribution in [-0.2, 0) is 14.3 Å². The van der Waals surface area contributed by atoms with Crippen molar-refractivity contribution >= 4 is 17.7 Å². The van der Waals surface area contributed by atoms with Crippen LogP contribution in [0.25, 0.3) is 0 Å². The second-order valence-electron chi connectivity index (χ2n) is 8.84. The Hall–Kier alpha value is -2.41. The van der Waals surface area contributed by atoms with Crippen molar-refractivity contribution in [2.24, 2.45) is 5.92 Å². The Morgan fingerprint density at radius 2 is 1.81 bits per heavy atom. The number of fused-ring (bicyclic) bond motifs is 1. The molecule has 2 fully saturated rings. The van der Waals surface area contributed by atoms with Gasteiger partial charge in [-0.2, -0.15) is 0 Å². The lowest BCUT2D eigenvalue weighted by Gasteiger charge is -2.41. The molecule has 1 aliphatic carbocycles. The van der Waals surface area contributed by atoms with E-state index in [2.05, 4.69) is 19.2 Å². The number of rotatable bonds is 4. The molecule has 170 valence electrons. The molecule has 3 amide bonds. The first-order chi connectivity index (χ1) is 14.9. The molecule has 1 heterocycles. The van der Waals surface area contributed by atoms with Crippen LogP contribution < -0.4 is 5.32 Å². The molecule has 1 saturated carbocycles. The van der Waals surface area contributed by atoms with Crippen molar-refractivity contribution < 1.29 is 19.1 Å². The average Bonchev–Trinajstić information content (AvgIpc) is 2.77. The number of hydrogen-bond acceptors (Lipinski definition) is 4. The molecule has 1 aromatic rings. The number of amides is 3. The lowest BCUT2D eigenvalue weighted by atomic mass is 9.82. The smallest absolute Gasteiger partial charge is 0.253 e. The van der Waals surface area contributed by atoms with Crippen LogP contribution in [0.1, 0.15) is 61.4 Å². The third kappa shape index (κ3) is 5.64. The zero-order valence-electron chi connectivity index (χ0n) is 18.9. The van der Waals surface area contributed by atoms with Crippen LogP contribution in [0.15, 0.2) is 24.3 Å². The molecule has 2 atom stereocenters. The molecule has 0 spiro atoms. The fourth-order valence-electron chi connectivity index (χ4n) is 4.65. The van der Waals surface area contributed by atoms with Gasteiger partial charge in [-0.3, -0.25) is 14.4 Å². The first kappa shape index (κ1) is 23.3. The highest BCUT2D eigenvalue weighted by atomic mass is 16.5. The highest BCUT2D eigenvalue weighted by molar-refractivity contribution is 5.94. The summed E-state index contributed by atoms with van der Waals surface area (Å²) in [5.41, 5.74) is 1.81. The summed E-state index contributed by atoms with van der Waals surface area (Å²) in [6, 6.07) is 7.56. The predicted molar refractivity (Wildman–Crippen MR) is 119 cm³/mol. The Kier molecular flexibility index (Phi) is 8.07. The van der Waals surface area contributed by atoms with E-state index in [1.54, 1.807) is 9.80 Å². The van der Waals surface area contributed by atoms with Crippen molar-refractivity contribution in [2.45, 2.75) is 51.5 Å². The van der Waals surface area contributed by atoms with E-state index in [0.29, 0.717) is 37.7 Å². The highest BCUT2D eigenvalue weighted by Crippen LogP contribution is 2.29. The van der Waals surface area contributed by atoms with E-state index in [4.69, 9.17) is 4.74 Å². The molecule has 1 saturated heterocycles. The molecule has 7 nitrogen and oxygen atoms in total. The Balaban J connectivity index is 1.80. The maximum atomic E-state index is 13.2. The zero-order valence-corrected chi connectivity index (χ0v) is 18.9. The number of carbonyl (C=O) groups is 3. The molecule has 1 aromatic carbocycles.